The van der Waals surface area contributed by atoms with Crippen molar-refractivity contribution in [2.24, 2.45) is 5.10 Å². The van der Waals surface area contributed by atoms with E-state index in [0.717, 1.165) is 0 Å². The highest BCUT2D eigenvalue weighted by Gasteiger charge is 2.28. The van der Waals surface area contributed by atoms with Crippen LogP contribution in [-0.2, 0) is 4.79 Å². The van der Waals surface area contributed by atoms with E-state index in [9.17, 15) is 19.2 Å². The zero-order chi connectivity index (χ0) is 26.7. The molecule has 1 aliphatic heterocycles. The number of amides is 1. The number of aromatic nitrogens is 2. The summed E-state index contributed by atoms with van der Waals surface area (Å²) >= 11 is 0. The maximum atomic E-state index is 12.8. The molecule has 0 saturated carbocycles. The van der Waals surface area contributed by atoms with Gasteiger partial charge in [-0.2, -0.15) is 10.1 Å². The minimum absolute atomic E-state index is 0.113. The fourth-order valence-electron chi connectivity index (χ4n) is 3.69. The number of aromatic carboxylic acids is 2. The van der Waals surface area contributed by atoms with Crippen LogP contribution in [0.25, 0.3) is 11.8 Å². The normalized spacial score (nSPS) is 14.8. The van der Waals surface area contributed by atoms with Crippen molar-refractivity contribution in [2.75, 3.05) is 5.01 Å². The number of carboxylic acids is 2. The number of carbonyl (C=O) groups is 3. The van der Waals surface area contributed by atoms with Gasteiger partial charge in [0.25, 0.3) is 11.5 Å². The van der Waals surface area contributed by atoms with Crippen molar-refractivity contribution >= 4 is 35.3 Å². The largest absolute Gasteiger partial charge is 0.478 e. The second-order valence-corrected chi connectivity index (χ2v) is 8.12. The first-order valence-electron chi connectivity index (χ1n) is 11.1. The molecule has 1 aliphatic rings. The predicted octanol–water partition coefficient (Wildman–Crippen LogP) is 3.79. The van der Waals surface area contributed by atoms with Crippen LogP contribution in [0.3, 0.4) is 0 Å². The number of nitrogens with zero attached hydrogens (tertiary/aromatic N) is 3. The number of nitrogens with one attached hydrogen (secondary N) is 1. The topological polar surface area (TPSA) is 145 Å². The summed E-state index contributed by atoms with van der Waals surface area (Å²) in [4.78, 5) is 47.7. The van der Waals surface area contributed by atoms with Crippen LogP contribution in [0.15, 0.2) is 88.3 Å². The summed E-state index contributed by atoms with van der Waals surface area (Å²) < 4.78 is 1.33. The average molecular weight is 498 g/mol. The molecule has 0 atom stereocenters. The zero-order valence-electron chi connectivity index (χ0n) is 19.9. The van der Waals surface area contributed by atoms with Gasteiger partial charge in [-0.25, -0.2) is 14.3 Å². The summed E-state index contributed by atoms with van der Waals surface area (Å²) in [5, 5.41) is 26.5. The Kier molecular flexibility index (Phi) is 6.83. The van der Waals surface area contributed by atoms with Gasteiger partial charge in [-0.05, 0) is 74.5 Å². The number of hydrogen-bond acceptors (Lipinski definition) is 5. The van der Waals surface area contributed by atoms with E-state index in [-0.39, 0.29) is 22.6 Å². The van der Waals surface area contributed by atoms with Crippen LogP contribution < -0.4 is 10.6 Å². The van der Waals surface area contributed by atoms with Crippen molar-refractivity contribution in [1.29, 1.82) is 0 Å². The number of anilines is 1. The maximum Gasteiger partial charge on any atom is 0.335 e. The highest BCUT2D eigenvalue weighted by molar-refractivity contribution is 6.29. The summed E-state index contributed by atoms with van der Waals surface area (Å²) in [7, 11) is 0. The summed E-state index contributed by atoms with van der Waals surface area (Å²) in [5.41, 5.74) is 2.88. The van der Waals surface area contributed by atoms with Crippen molar-refractivity contribution in [1.82, 2.24) is 9.78 Å². The van der Waals surface area contributed by atoms with Crippen LogP contribution in [0.2, 0.25) is 0 Å². The van der Waals surface area contributed by atoms with E-state index in [1.54, 1.807) is 56.4 Å². The van der Waals surface area contributed by atoms with Crippen LogP contribution in [0.5, 0.6) is 0 Å². The second kappa shape index (κ2) is 10.2. The smallest absolute Gasteiger partial charge is 0.335 e. The molecule has 10 heteroatoms. The van der Waals surface area contributed by atoms with Crippen LogP contribution >= 0.6 is 0 Å². The number of aryl methyl sites for hydroxylation is 1. The molecule has 0 saturated heterocycles. The first kappa shape index (κ1) is 24.9. The minimum atomic E-state index is -1.05. The highest BCUT2D eigenvalue weighted by Crippen LogP contribution is 2.24. The van der Waals surface area contributed by atoms with Crippen molar-refractivity contribution in [3.05, 3.63) is 111 Å². The molecule has 2 aromatic carbocycles. The van der Waals surface area contributed by atoms with Gasteiger partial charge >= 0.3 is 11.9 Å². The Morgan fingerprint density at radius 3 is 1.97 bits per heavy atom. The third-order valence-corrected chi connectivity index (χ3v) is 5.66. The number of hydrogen-bond donors (Lipinski definition) is 3. The standard InChI is InChI=1S/C27H22N4O6/c1-16-22(24(32)30(28-16)20-12-8-18(9-13-20)26(34)35)6-4-3-5-7-23-17(2)29-31(25(23)33)21-14-10-19(11-15-21)27(36)37/h3-15,28H,1-2H3,(H,34,35)(H,36,37)/b5-3-,6-4+,23-7-. The maximum absolute atomic E-state index is 12.8. The summed E-state index contributed by atoms with van der Waals surface area (Å²) in [6.07, 6.45) is 8.25. The molecule has 3 N–H and O–H groups in total. The van der Waals surface area contributed by atoms with Gasteiger partial charge in [-0.3, -0.25) is 14.7 Å². The second-order valence-electron chi connectivity index (χ2n) is 8.12. The third kappa shape index (κ3) is 5.08. The average Bonchev–Trinajstić information content (AvgIpc) is 3.33. The summed E-state index contributed by atoms with van der Waals surface area (Å²) in [6.45, 7) is 3.46. The summed E-state index contributed by atoms with van der Waals surface area (Å²) in [5.74, 6) is -2.44. The Morgan fingerprint density at radius 1 is 0.838 bits per heavy atom. The zero-order valence-corrected chi connectivity index (χ0v) is 19.9. The molecule has 37 heavy (non-hydrogen) atoms. The van der Waals surface area contributed by atoms with Gasteiger partial charge in [0.1, 0.15) is 0 Å². The lowest BCUT2D eigenvalue weighted by Crippen LogP contribution is -2.21. The molecule has 186 valence electrons. The van der Waals surface area contributed by atoms with E-state index in [1.165, 1.54) is 46.1 Å². The molecule has 0 unspecified atom stereocenters. The van der Waals surface area contributed by atoms with E-state index >= 15 is 0 Å². The lowest BCUT2D eigenvalue weighted by atomic mass is 10.1. The first-order chi connectivity index (χ1) is 17.7. The summed E-state index contributed by atoms with van der Waals surface area (Å²) in [6, 6.07) is 11.8. The molecule has 4 rings (SSSR count). The van der Waals surface area contributed by atoms with Crippen molar-refractivity contribution in [3.63, 3.8) is 0 Å². The minimum Gasteiger partial charge on any atom is -0.478 e. The predicted molar refractivity (Wildman–Crippen MR) is 138 cm³/mol. The van der Waals surface area contributed by atoms with E-state index in [4.69, 9.17) is 10.2 Å². The number of benzene rings is 2. The van der Waals surface area contributed by atoms with Crippen molar-refractivity contribution < 1.29 is 24.6 Å². The van der Waals surface area contributed by atoms with E-state index in [0.29, 0.717) is 33.9 Å². The third-order valence-electron chi connectivity index (χ3n) is 5.66. The van der Waals surface area contributed by atoms with Gasteiger partial charge in [-0.1, -0.05) is 18.2 Å². The Morgan fingerprint density at radius 2 is 1.41 bits per heavy atom. The number of carboxylic acid groups (broad SMARTS) is 2. The molecule has 2 heterocycles. The molecule has 0 fully saturated rings. The molecule has 1 aromatic heterocycles. The molecular formula is C27H22N4O6. The number of rotatable bonds is 7. The van der Waals surface area contributed by atoms with Crippen LogP contribution in [0, 0.1) is 6.92 Å². The Labute approximate surface area is 210 Å². The van der Waals surface area contributed by atoms with E-state index in [1.807, 2.05) is 0 Å². The van der Waals surface area contributed by atoms with Crippen molar-refractivity contribution in [3.8, 4) is 5.69 Å². The molecule has 0 aliphatic carbocycles. The van der Waals surface area contributed by atoms with Crippen LogP contribution in [-0.4, -0.2) is 43.6 Å². The Bertz CT molecular complexity index is 1570. The van der Waals surface area contributed by atoms with Crippen molar-refractivity contribution in [2.45, 2.75) is 13.8 Å². The molecule has 1 amide bonds. The first-order valence-corrected chi connectivity index (χ1v) is 11.1. The molecule has 0 radical (unpaired) electrons. The quantitative estimate of drug-likeness (QED) is 0.334. The number of H-pyrrole nitrogens is 1. The highest BCUT2D eigenvalue weighted by atomic mass is 16.4. The van der Waals surface area contributed by atoms with Gasteiger partial charge in [0.2, 0.25) is 0 Å². The van der Waals surface area contributed by atoms with Gasteiger partial charge in [0.05, 0.1) is 39.3 Å². The van der Waals surface area contributed by atoms with E-state index in [2.05, 4.69) is 10.2 Å². The fourth-order valence-corrected chi connectivity index (χ4v) is 3.69. The molecule has 10 nitrogen and oxygen atoms in total. The van der Waals surface area contributed by atoms with Crippen LogP contribution in [0.1, 0.15) is 38.9 Å². The SMILES string of the molecule is CC1=NN(c2ccc(C(=O)O)cc2)C(=O)\C1=C/C=C\C=C\c1c(C)[nH]n(-c2ccc(C(=O)O)cc2)c1=O. The van der Waals surface area contributed by atoms with Gasteiger partial charge < -0.3 is 10.2 Å². The number of aromatic amines is 1. The van der Waals surface area contributed by atoms with Crippen LogP contribution in [0.4, 0.5) is 5.69 Å². The van der Waals surface area contributed by atoms with Gasteiger partial charge in [0, 0.05) is 5.69 Å². The lowest BCUT2D eigenvalue weighted by Gasteiger charge is -2.11. The molecule has 3 aromatic rings. The molecule has 0 spiro atoms. The Hall–Kier alpha value is -5.25. The Balaban J connectivity index is 1.47. The number of allylic oxidation sites excluding steroid dienone is 4. The monoisotopic (exact) mass is 498 g/mol. The molecular weight excluding hydrogens is 476 g/mol. The van der Waals surface area contributed by atoms with Gasteiger partial charge in [0.15, 0.2) is 0 Å². The van der Waals surface area contributed by atoms with E-state index < -0.39 is 11.9 Å². The number of hydrazone groups is 1. The van der Waals surface area contributed by atoms with Gasteiger partial charge in [-0.15, -0.1) is 0 Å². The number of carbonyl (C=O) groups excluding carboxylic acids is 1. The lowest BCUT2D eigenvalue weighted by molar-refractivity contribution is -0.114. The fraction of sp³-hybridized carbons (Fsp3) is 0.0741. The molecule has 0 bridgehead atoms.